The van der Waals surface area contributed by atoms with Gasteiger partial charge in [-0.2, -0.15) is 0 Å². The molecule has 0 aliphatic heterocycles. The molecule has 7 rings (SSSR count). The van der Waals surface area contributed by atoms with Crippen LogP contribution in [0.25, 0.3) is 0 Å². The SMILES string of the molecule is Oc1cc(O)c2cc1Cc1cc(c(O)cc1O)C(c1ccccc1)c1cc(c(O)cc1O)C(c1ccccc1)c1cc(c(O)cc1O)C2. The lowest BCUT2D eigenvalue weighted by Gasteiger charge is -2.26. The Bertz CT molecular complexity index is 2030. The van der Waals surface area contributed by atoms with Crippen LogP contribution in [0.2, 0.25) is 0 Å². The number of phenolic OH excluding ortho intramolecular Hbond substituents is 8. The van der Waals surface area contributed by atoms with E-state index < -0.39 is 11.8 Å². The summed E-state index contributed by atoms with van der Waals surface area (Å²) in [5.41, 5.74) is 4.20. The van der Waals surface area contributed by atoms with E-state index in [1.165, 1.54) is 24.3 Å². The van der Waals surface area contributed by atoms with Gasteiger partial charge in [-0.05, 0) is 57.6 Å². The van der Waals surface area contributed by atoms with Gasteiger partial charge in [0.15, 0.2) is 0 Å². The van der Waals surface area contributed by atoms with Crippen molar-refractivity contribution in [1.82, 2.24) is 0 Å². The van der Waals surface area contributed by atoms with Crippen LogP contribution in [0.15, 0.2) is 109 Å². The van der Waals surface area contributed by atoms with Crippen molar-refractivity contribution in [2.45, 2.75) is 24.7 Å². The standard InChI is InChI=1S/C40H32O8/c41-31-17-32(42)24-11-23(31)12-25-14-27(35(45)18-33(25)43)39(21-7-3-1-4-8-21)29-16-30(38(48)20-37(29)47)40(22-9-5-2-6-10-22)28-15-26(13-24)34(44)19-36(28)46/h1-11,14-20,39-48H,12-13H2. The van der Waals surface area contributed by atoms with E-state index in [1.807, 2.05) is 60.7 Å². The minimum atomic E-state index is -0.804. The summed E-state index contributed by atoms with van der Waals surface area (Å²) < 4.78 is 0. The van der Waals surface area contributed by atoms with Gasteiger partial charge in [0.05, 0.1) is 0 Å². The summed E-state index contributed by atoms with van der Waals surface area (Å²) in [5, 5.41) is 89.3. The second kappa shape index (κ2) is 11.8. The summed E-state index contributed by atoms with van der Waals surface area (Å²) in [4.78, 5) is 0. The van der Waals surface area contributed by atoms with Crippen molar-refractivity contribution < 1.29 is 40.9 Å². The van der Waals surface area contributed by atoms with Crippen LogP contribution < -0.4 is 0 Å². The Morgan fingerprint density at radius 3 is 0.979 bits per heavy atom. The lowest BCUT2D eigenvalue weighted by Crippen LogP contribution is -2.10. The molecule has 2 atom stereocenters. The summed E-state index contributed by atoms with van der Waals surface area (Å²) in [6.45, 7) is 0. The van der Waals surface area contributed by atoms with Gasteiger partial charge >= 0.3 is 0 Å². The summed E-state index contributed by atoms with van der Waals surface area (Å²) in [7, 11) is 0. The quantitative estimate of drug-likeness (QED) is 0.0985. The van der Waals surface area contributed by atoms with E-state index in [1.54, 1.807) is 24.3 Å². The van der Waals surface area contributed by atoms with E-state index in [0.29, 0.717) is 55.6 Å². The molecule has 8 heteroatoms. The smallest absolute Gasteiger partial charge is 0.123 e. The molecule has 48 heavy (non-hydrogen) atoms. The molecule has 0 saturated carbocycles. The van der Waals surface area contributed by atoms with Crippen molar-refractivity contribution in [3.8, 4) is 46.0 Å². The monoisotopic (exact) mass is 640 g/mol. The highest BCUT2D eigenvalue weighted by Gasteiger charge is 2.30. The molecular weight excluding hydrogens is 608 g/mol. The van der Waals surface area contributed by atoms with E-state index >= 15 is 0 Å². The zero-order chi connectivity index (χ0) is 33.7. The van der Waals surface area contributed by atoms with E-state index in [9.17, 15) is 40.9 Å². The van der Waals surface area contributed by atoms with Crippen molar-refractivity contribution in [3.05, 3.63) is 165 Å². The molecule has 0 spiro atoms. The molecule has 0 fully saturated rings. The molecule has 0 amide bonds. The van der Waals surface area contributed by atoms with Crippen molar-refractivity contribution >= 4 is 0 Å². The highest BCUT2D eigenvalue weighted by Crippen LogP contribution is 2.49. The van der Waals surface area contributed by atoms with E-state index in [-0.39, 0.29) is 58.8 Å². The molecule has 8 bridgehead atoms. The predicted molar refractivity (Wildman–Crippen MR) is 179 cm³/mol. The van der Waals surface area contributed by atoms with Gasteiger partial charge in [0.25, 0.3) is 0 Å². The molecule has 0 heterocycles. The molecule has 1 aliphatic carbocycles. The number of hydrogen-bond donors (Lipinski definition) is 8. The molecule has 8 N–H and O–H groups in total. The maximum absolute atomic E-state index is 11.5. The number of hydrogen-bond acceptors (Lipinski definition) is 8. The third-order valence-electron chi connectivity index (χ3n) is 9.18. The van der Waals surface area contributed by atoms with Crippen LogP contribution in [0.5, 0.6) is 46.0 Å². The van der Waals surface area contributed by atoms with Crippen molar-refractivity contribution in [2.24, 2.45) is 0 Å². The van der Waals surface area contributed by atoms with Crippen LogP contribution in [-0.2, 0) is 12.8 Å². The Labute approximate surface area is 276 Å². The lowest BCUT2D eigenvalue weighted by atomic mass is 9.78. The van der Waals surface area contributed by atoms with Gasteiger partial charge in [-0.15, -0.1) is 0 Å². The van der Waals surface area contributed by atoms with Crippen LogP contribution in [0.1, 0.15) is 67.5 Å². The number of aromatic hydroxyl groups is 8. The molecule has 0 saturated heterocycles. The Hall–Kier alpha value is -6.28. The first kappa shape index (κ1) is 30.4. The molecule has 0 radical (unpaired) electrons. The second-order valence-electron chi connectivity index (χ2n) is 12.2. The largest absolute Gasteiger partial charge is 0.508 e. The summed E-state index contributed by atoms with van der Waals surface area (Å²) in [5.74, 6) is -3.46. The molecule has 0 aromatic heterocycles. The van der Waals surface area contributed by atoms with Crippen LogP contribution >= 0.6 is 0 Å². The van der Waals surface area contributed by atoms with Gasteiger partial charge in [-0.1, -0.05) is 60.7 Å². The fourth-order valence-electron chi connectivity index (χ4n) is 6.81. The third-order valence-corrected chi connectivity index (χ3v) is 9.18. The van der Waals surface area contributed by atoms with Gasteiger partial charge in [0.1, 0.15) is 46.0 Å². The van der Waals surface area contributed by atoms with Gasteiger partial charge in [0, 0.05) is 71.2 Å². The molecule has 2 unspecified atom stereocenters. The van der Waals surface area contributed by atoms with Crippen LogP contribution in [0, 0.1) is 0 Å². The minimum Gasteiger partial charge on any atom is -0.508 e. The average molecular weight is 641 g/mol. The van der Waals surface area contributed by atoms with Crippen molar-refractivity contribution in [1.29, 1.82) is 0 Å². The van der Waals surface area contributed by atoms with E-state index in [4.69, 9.17) is 0 Å². The first-order chi connectivity index (χ1) is 23.1. The van der Waals surface area contributed by atoms with E-state index in [0.717, 1.165) is 0 Å². The number of rotatable bonds is 2. The molecule has 6 aromatic rings. The zero-order valence-corrected chi connectivity index (χ0v) is 25.5. The molecule has 8 nitrogen and oxygen atoms in total. The Morgan fingerprint density at radius 2 is 0.604 bits per heavy atom. The summed E-state index contributed by atoms with van der Waals surface area (Å²) in [6, 6.07) is 29.6. The highest BCUT2D eigenvalue weighted by atomic mass is 16.3. The molecule has 6 aromatic carbocycles. The van der Waals surface area contributed by atoms with E-state index in [2.05, 4.69) is 0 Å². The number of fused-ring (bicyclic) bond motifs is 8. The van der Waals surface area contributed by atoms with Gasteiger partial charge < -0.3 is 40.9 Å². The Morgan fingerprint density at radius 1 is 0.312 bits per heavy atom. The summed E-state index contributed by atoms with van der Waals surface area (Å²) in [6.07, 6.45) is 0.0187. The van der Waals surface area contributed by atoms with Crippen LogP contribution in [0.3, 0.4) is 0 Å². The summed E-state index contributed by atoms with van der Waals surface area (Å²) >= 11 is 0. The highest BCUT2D eigenvalue weighted by molar-refractivity contribution is 5.63. The predicted octanol–water partition coefficient (Wildman–Crippen LogP) is 7.19. The normalized spacial score (nSPS) is 15.6. The maximum Gasteiger partial charge on any atom is 0.123 e. The Kier molecular flexibility index (Phi) is 7.48. The minimum absolute atomic E-state index is 0.00936. The molecule has 1 aliphatic rings. The first-order valence-electron chi connectivity index (χ1n) is 15.4. The number of benzene rings is 6. The zero-order valence-electron chi connectivity index (χ0n) is 25.5. The van der Waals surface area contributed by atoms with Crippen LogP contribution in [0.4, 0.5) is 0 Å². The third kappa shape index (κ3) is 5.33. The molecular formula is C40H32O8. The Balaban J connectivity index is 1.60. The lowest BCUT2D eigenvalue weighted by molar-refractivity contribution is 0.433. The fourth-order valence-corrected chi connectivity index (χ4v) is 6.81. The van der Waals surface area contributed by atoms with Crippen LogP contribution in [-0.4, -0.2) is 40.9 Å². The first-order valence-corrected chi connectivity index (χ1v) is 15.4. The van der Waals surface area contributed by atoms with Crippen molar-refractivity contribution in [3.63, 3.8) is 0 Å². The van der Waals surface area contributed by atoms with Gasteiger partial charge in [0.2, 0.25) is 0 Å². The second-order valence-corrected chi connectivity index (χ2v) is 12.2. The van der Waals surface area contributed by atoms with Gasteiger partial charge in [-0.25, -0.2) is 0 Å². The average Bonchev–Trinajstić information content (AvgIpc) is 3.06. The fraction of sp³-hybridized carbons (Fsp3) is 0.100. The van der Waals surface area contributed by atoms with Crippen molar-refractivity contribution in [2.75, 3.05) is 0 Å². The molecule has 240 valence electrons. The number of phenols is 8. The topological polar surface area (TPSA) is 162 Å². The maximum atomic E-state index is 11.5. The van der Waals surface area contributed by atoms with Gasteiger partial charge in [-0.3, -0.25) is 0 Å².